The first-order valence-electron chi connectivity index (χ1n) is 6.88. The Labute approximate surface area is 119 Å². The van der Waals surface area contributed by atoms with E-state index in [2.05, 4.69) is 12.2 Å². The zero-order chi connectivity index (χ0) is 14.5. The Kier molecular flexibility index (Phi) is 4.74. The Hall–Kier alpha value is -1.87. The summed E-state index contributed by atoms with van der Waals surface area (Å²) < 4.78 is 20.0. The lowest BCUT2D eigenvalue weighted by atomic mass is 10.1. The summed E-state index contributed by atoms with van der Waals surface area (Å²) in [5.41, 5.74) is 1.67. The summed E-state index contributed by atoms with van der Waals surface area (Å²) in [5, 5.41) is 3.06. The number of benzene rings is 2. The minimum atomic E-state index is -0.252. The van der Waals surface area contributed by atoms with Gasteiger partial charge in [-0.2, -0.15) is 0 Å². The van der Waals surface area contributed by atoms with Gasteiger partial charge in [-0.05, 0) is 44.2 Å². The van der Waals surface area contributed by atoms with Gasteiger partial charge < -0.3 is 10.1 Å². The van der Waals surface area contributed by atoms with Crippen molar-refractivity contribution in [2.24, 2.45) is 0 Å². The van der Waals surface area contributed by atoms with Crippen LogP contribution in [0.4, 0.5) is 4.39 Å². The van der Waals surface area contributed by atoms with E-state index in [4.69, 9.17) is 4.74 Å². The first-order chi connectivity index (χ1) is 9.67. The fourth-order valence-electron chi connectivity index (χ4n) is 2.18. The minimum absolute atomic E-state index is 0.111. The summed E-state index contributed by atoms with van der Waals surface area (Å²) in [6.45, 7) is 3.99. The predicted molar refractivity (Wildman–Crippen MR) is 79.8 cm³/mol. The van der Waals surface area contributed by atoms with E-state index in [1.54, 1.807) is 19.2 Å². The maximum atomic E-state index is 14.1. The second-order valence-electron chi connectivity index (χ2n) is 4.73. The number of rotatable bonds is 5. The molecule has 0 aliphatic rings. The van der Waals surface area contributed by atoms with E-state index in [0.29, 0.717) is 11.3 Å². The minimum Gasteiger partial charge on any atom is -0.457 e. The van der Waals surface area contributed by atoms with Crippen molar-refractivity contribution in [1.82, 2.24) is 5.32 Å². The maximum Gasteiger partial charge on any atom is 0.135 e. The normalized spacial score (nSPS) is 12.2. The van der Waals surface area contributed by atoms with Crippen molar-refractivity contribution in [3.05, 3.63) is 59.4 Å². The predicted octanol–water partition coefficient (Wildman–Crippen LogP) is 4.46. The van der Waals surface area contributed by atoms with Crippen LogP contribution in [0.5, 0.6) is 11.5 Å². The Bertz CT molecular complexity index is 583. The van der Waals surface area contributed by atoms with Crippen molar-refractivity contribution in [3.8, 4) is 11.5 Å². The summed E-state index contributed by atoms with van der Waals surface area (Å²) in [4.78, 5) is 0. The van der Waals surface area contributed by atoms with E-state index in [-0.39, 0.29) is 11.9 Å². The van der Waals surface area contributed by atoms with Crippen LogP contribution in [-0.4, -0.2) is 7.05 Å². The lowest BCUT2D eigenvalue weighted by molar-refractivity contribution is 0.448. The average Bonchev–Trinajstić information content (AvgIpc) is 2.47. The fourth-order valence-corrected chi connectivity index (χ4v) is 2.18. The summed E-state index contributed by atoms with van der Waals surface area (Å²) in [6, 6.07) is 12.7. The smallest absolute Gasteiger partial charge is 0.135 e. The zero-order valence-corrected chi connectivity index (χ0v) is 12.1. The molecule has 0 bridgehead atoms. The molecule has 20 heavy (non-hydrogen) atoms. The number of aryl methyl sites for hydroxylation is 1. The molecule has 2 aromatic carbocycles. The molecule has 0 aliphatic carbocycles. The van der Waals surface area contributed by atoms with Gasteiger partial charge in [-0.1, -0.05) is 31.2 Å². The molecule has 0 saturated carbocycles. The van der Waals surface area contributed by atoms with Crippen LogP contribution in [0.1, 0.15) is 31.0 Å². The molecular formula is C17H20FNO. The molecule has 2 nitrogen and oxygen atoms in total. The van der Waals surface area contributed by atoms with Gasteiger partial charge in [0, 0.05) is 11.6 Å². The molecule has 3 heteroatoms. The number of para-hydroxylation sites is 1. The largest absolute Gasteiger partial charge is 0.457 e. The molecular weight excluding hydrogens is 253 g/mol. The molecule has 0 radical (unpaired) electrons. The number of nitrogens with one attached hydrogen (secondary N) is 1. The van der Waals surface area contributed by atoms with Gasteiger partial charge in [0.15, 0.2) is 0 Å². The van der Waals surface area contributed by atoms with Crippen molar-refractivity contribution in [2.45, 2.75) is 26.3 Å². The van der Waals surface area contributed by atoms with Gasteiger partial charge in [-0.15, -0.1) is 0 Å². The van der Waals surface area contributed by atoms with Gasteiger partial charge >= 0.3 is 0 Å². The molecule has 0 amide bonds. The molecule has 1 unspecified atom stereocenters. The van der Waals surface area contributed by atoms with Crippen molar-refractivity contribution < 1.29 is 9.13 Å². The van der Waals surface area contributed by atoms with Crippen LogP contribution in [0.3, 0.4) is 0 Å². The second kappa shape index (κ2) is 6.53. The first kappa shape index (κ1) is 14.5. The topological polar surface area (TPSA) is 21.3 Å². The molecule has 106 valence electrons. The summed E-state index contributed by atoms with van der Waals surface area (Å²) in [6.07, 6.45) is 0.877. The quantitative estimate of drug-likeness (QED) is 0.868. The third kappa shape index (κ3) is 2.99. The molecule has 2 rings (SSSR count). The molecule has 0 fully saturated rings. The van der Waals surface area contributed by atoms with Crippen LogP contribution in [-0.2, 0) is 6.42 Å². The molecule has 0 aliphatic heterocycles. The van der Waals surface area contributed by atoms with Gasteiger partial charge in [0.2, 0.25) is 0 Å². The van der Waals surface area contributed by atoms with E-state index in [0.717, 1.165) is 17.7 Å². The standard InChI is InChI=1S/C17H20FNO/c1-4-13-8-5-6-10-15(13)20-16-11-7-9-14(18)17(16)12(2)19-3/h5-12,19H,4H2,1-3H3. The maximum absolute atomic E-state index is 14.1. The van der Waals surface area contributed by atoms with Crippen LogP contribution >= 0.6 is 0 Å². The molecule has 0 spiro atoms. The number of hydrogen-bond acceptors (Lipinski definition) is 2. The van der Waals surface area contributed by atoms with Crippen LogP contribution in [0.15, 0.2) is 42.5 Å². The van der Waals surface area contributed by atoms with E-state index < -0.39 is 0 Å². The van der Waals surface area contributed by atoms with Crippen LogP contribution in [0.25, 0.3) is 0 Å². The Morgan fingerprint density at radius 1 is 1.10 bits per heavy atom. The van der Waals surface area contributed by atoms with Crippen molar-refractivity contribution in [1.29, 1.82) is 0 Å². The van der Waals surface area contributed by atoms with Gasteiger partial charge in [-0.25, -0.2) is 4.39 Å². The lowest BCUT2D eigenvalue weighted by Crippen LogP contribution is -2.15. The highest BCUT2D eigenvalue weighted by Gasteiger charge is 2.16. The van der Waals surface area contributed by atoms with E-state index >= 15 is 0 Å². The Morgan fingerprint density at radius 2 is 1.80 bits per heavy atom. The van der Waals surface area contributed by atoms with Crippen LogP contribution in [0.2, 0.25) is 0 Å². The number of hydrogen-bond donors (Lipinski definition) is 1. The molecule has 0 heterocycles. The number of halogens is 1. The lowest BCUT2D eigenvalue weighted by Gasteiger charge is -2.18. The van der Waals surface area contributed by atoms with Crippen molar-refractivity contribution in [3.63, 3.8) is 0 Å². The fraction of sp³-hybridized carbons (Fsp3) is 0.294. The van der Waals surface area contributed by atoms with Gasteiger partial charge in [0.05, 0.1) is 0 Å². The van der Waals surface area contributed by atoms with Crippen molar-refractivity contribution in [2.75, 3.05) is 7.05 Å². The first-order valence-corrected chi connectivity index (χ1v) is 6.88. The van der Waals surface area contributed by atoms with E-state index in [9.17, 15) is 4.39 Å². The SMILES string of the molecule is CCc1ccccc1Oc1cccc(F)c1C(C)NC. The molecule has 0 aromatic heterocycles. The van der Waals surface area contributed by atoms with Gasteiger partial charge in [-0.3, -0.25) is 0 Å². The number of ether oxygens (including phenoxy) is 1. The highest BCUT2D eigenvalue weighted by atomic mass is 19.1. The summed E-state index contributed by atoms with van der Waals surface area (Å²) in [7, 11) is 1.81. The second-order valence-corrected chi connectivity index (χ2v) is 4.73. The monoisotopic (exact) mass is 273 g/mol. The summed E-state index contributed by atoms with van der Waals surface area (Å²) in [5.74, 6) is 1.09. The van der Waals surface area contributed by atoms with Gasteiger partial charge in [0.1, 0.15) is 17.3 Å². The van der Waals surface area contributed by atoms with Crippen LogP contribution in [0, 0.1) is 5.82 Å². The third-order valence-electron chi connectivity index (χ3n) is 3.45. The van der Waals surface area contributed by atoms with Gasteiger partial charge in [0.25, 0.3) is 0 Å². The zero-order valence-electron chi connectivity index (χ0n) is 12.1. The average molecular weight is 273 g/mol. The summed E-state index contributed by atoms with van der Waals surface area (Å²) >= 11 is 0. The third-order valence-corrected chi connectivity index (χ3v) is 3.45. The molecule has 1 atom stereocenters. The highest BCUT2D eigenvalue weighted by Crippen LogP contribution is 2.33. The van der Waals surface area contributed by atoms with Crippen LogP contribution < -0.4 is 10.1 Å². The molecule has 2 aromatic rings. The van der Waals surface area contributed by atoms with E-state index in [1.807, 2.05) is 31.2 Å². The Balaban J connectivity index is 2.41. The Morgan fingerprint density at radius 3 is 2.50 bits per heavy atom. The van der Waals surface area contributed by atoms with E-state index in [1.165, 1.54) is 6.07 Å². The van der Waals surface area contributed by atoms with Crippen molar-refractivity contribution >= 4 is 0 Å². The molecule has 0 saturated heterocycles. The molecule has 1 N–H and O–H groups in total. The highest BCUT2D eigenvalue weighted by molar-refractivity contribution is 5.43.